The highest BCUT2D eigenvalue weighted by Gasteiger charge is 2.30. The number of amides is 1. The van der Waals surface area contributed by atoms with Crippen molar-refractivity contribution < 1.29 is 4.79 Å². The van der Waals surface area contributed by atoms with Gasteiger partial charge in [0, 0.05) is 5.02 Å². The number of aryl methyl sites for hydroxylation is 1. The van der Waals surface area contributed by atoms with Crippen molar-refractivity contribution in [3.05, 3.63) is 64.7 Å². The zero-order valence-corrected chi connectivity index (χ0v) is 13.6. The van der Waals surface area contributed by atoms with Crippen molar-refractivity contribution in [1.82, 2.24) is 5.32 Å². The molecule has 0 radical (unpaired) electrons. The second-order valence-corrected chi connectivity index (χ2v) is 6.81. The molecule has 3 rings (SSSR count). The lowest BCUT2D eigenvalue weighted by Crippen LogP contribution is -2.25. The average Bonchev–Trinajstić information content (AvgIpc) is 2.81. The van der Waals surface area contributed by atoms with Crippen LogP contribution in [0.25, 0.3) is 0 Å². The number of aliphatic imine (C=N–C) groups is 1. The number of hydrogen-bond donors (Lipinski definition) is 1. The molecular formula is C17H15ClN2OS. The fourth-order valence-corrected chi connectivity index (χ4v) is 3.43. The van der Waals surface area contributed by atoms with Gasteiger partial charge in [-0.05, 0) is 43.2 Å². The lowest BCUT2D eigenvalue weighted by molar-refractivity contribution is -0.118. The minimum atomic E-state index is -0.132. The van der Waals surface area contributed by atoms with Crippen molar-refractivity contribution in [3.8, 4) is 0 Å². The van der Waals surface area contributed by atoms with Crippen LogP contribution in [-0.4, -0.2) is 16.3 Å². The van der Waals surface area contributed by atoms with Gasteiger partial charge < -0.3 is 5.32 Å². The molecule has 2 aromatic carbocycles. The topological polar surface area (TPSA) is 41.5 Å². The van der Waals surface area contributed by atoms with Crippen molar-refractivity contribution in [2.75, 3.05) is 0 Å². The van der Waals surface area contributed by atoms with Gasteiger partial charge in [-0.15, -0.1) is 0 Å². The van der Waals surface area contributed by atoms with E-state index in [9.17, 15) is 4.79 Å². The highest BCUT2D eigenvalue weighted by Crippen LogP contribution is 2.26. The van der Waals surface area contributed by atoms with Crippen LogP contribution in [0.1, 0.15) is 11.1 Å². The van der Waals surface area contributed by atoms with Gasteiger partial charge in [-0.3, -0.25) is 4.79 Å². The third-order valence-electron chi connectivity index (χ3n) is 3.34. The highest BCUT2D eigenvalue weighted by molar-refractivity contribution is 8.15. The number of benzene rings is 2. The first kappa shape index (κ1) is 15.1. The first-order chi connectivity index (χ1) is 10.6. The van der Waals surface area contributed by atoms with E-state index in [4.69, 9.17) is 11.6 Å². The van der Waals surface area contributed by atoms with Crippen molar-refractivity contribution in [3.63, 3.8) is 0 Å². The fourth-order valence-electron chi connectivity index (χ4n) is 2.28. The van der Waals surface area contributed by atoms with Crippen LogP contribution in [0.4, 0.5) is 5.69 Å². The number of carbonyl (C=O) groups excluding carboxylic acids is 1. The van der Waals surface area contributed by atoms with Crippen molar-refractivity contribution in [2.24, 2.45) is 4.99 Å². The Kier molecular flexibility index (Phi) is 4.50. The predicted molar refractivity (Wildman–Crippen MR) is 93.0 cm³/mol. The number of hydrogen-bond acceptors (Lipinski definition) is 3. The van der Waals surface area contributed by atoms with Gasteiger partial charge in [0.1, 0.15) is 0 Å². The van der Waals surface area contributed by atoms with Gasteiger partial charge in [0.25, 0.3) is 0 Å². The van der Waals surface area contributed by atoms with Crippen LogP contribution in [0, 0.1) is 6.92 Å². The Hall–Kier alpha value is -1.78. The maximum Gasteiger partial charge on any atom is 0.239 e. The Morgan fingerprint density at radius 2 is 2.00 bits per heavy atom. The summed E-state index contributed by atoms with van der Waals surface area (Å²) in [4.78, 5) is 16.5. The molecule has 0 spiro atoms. The molecule has 0 aromatic heterocycles. The smallest absolute Gasteiger partial charge is 0.239 e. The molecule has 1 unspecified atom stereocenters. The Labute approximate surface area is 138 Å². The summed E-state index contributed by atoms with van der Waals surface area (Å²) in [5.74, 6) is 0.0132. The summed E-state index contributed by atoms with van der Waals surface area (Å²) in [6.07, 6.45) is 0.706. The fraction of sp³-hybridized carbons (Fsp3) is 0.176. The number of halogens is 1. The van der Waals surface area contributed by atoms with Crippen LogP contribution in [0.5, 0.6) is 0 Å². The molecular weight excluding hydrogens is 316 g/mol. The van der Waals surface area contributed by atoms with E-state index in [2.05, 4.69) is 35.4 Å². The monoisotopic (exact) mass is 330 g/mol. The van der Waals surface area contributed by atoms with E-state index >= 15 is 0 Å². The molecule has 1 aliphatic rings. The lowest BCUT2D eigenvalue weighted by atomic mass is 10.1. The third-order valence-corrected chi connectivity index (χ3v) is 4.67. The van der Waals surface area contributed by atoms with Gasteiger partial charge in [0.05, 0.1) is 10.9 Å². The van der Waals surface area contributed by atoms with Crippen LogP contribution in [0.3, 0.4) is 0 Å². The number of nitrogens with zero attached hydrogens (tertiary/aromatic N) is 1. The molecule has 1 saturated heterocycles. The quantitative estimate of drug-likeness (QED) is 0.920. The average molecular weight is 331 g/mol. The Bertz CT molecular complexity index is 728. The maximum atomic E-state index is 12.1. The number of nitrogens with one attached hydrogen (secondary N) is 1. The zero-order chi connectivity index (χ0) is 15.5. The van der Waals surface area contributed by atoms with Gasteiger partial charge >= 0.3 is 0 Å². The minimum Gasteiger partial charge on any atom is -0.304 e. The minimum absolute atomic E-state index is 0.0132. The molecule has 1 atom stereocenters. The first-order valence-corrected chi connectivity index (χ1v) is 8.23. The Morgan fingerprint density at radius 1 is 1.23 bits per heavy atom. The summed E-state index contributed by atoms with van der Waals surface area (Å²) < 4.78 is 0. The molecule has 1 amide bonds. The molecule has 2 aromatic rings. The summed E-state index contributed by atoms with van der Waals surface area (Å²) in [6, 6.07) is 15.5. The summed E-state index contributed by atoms with van der Waals surface area (Å²) in [5.41, 5.74) is 3.15. The summed E-state index contributed by atoms with van der Waals surface area (Å²) in [5, 5.41) is 4.03. The number of thioether (sulfide) groups is 1. The maximum absolute atomic E-state index is 12.1. The number of rotatable bonds is 3. The van der Waals surface area contributed by atoms with E-state index in [-0.39, 0.29) is 11.2 Å². The number of carbonyl (C=O) groups is 1. The molecule has 1 aliphatic heterocycles. The van der Waals surface area contributed by atoms with Gasteiger partial charge in [-0.1, -0.05) is 53.2 Å². The van der Waals surface area contributed by atoms with Crippen LogP contribution in [-0.2, 0) is 11.2 Å². The molecule has 0 bridgehead atoms. The normalized spacial score (nSPS) is 19.5. The zero-order valence-electron chi connectivity index (χ0n) is 12.0. The third kappa shape index (κ3) is 3.70. The van der Waals surface area contributed by atoms with E-state index < -0.39 is 0 Å². The van der Waals surface area contributed by atoms with Crippen LogP contribution in [0.15, 0.2) is 53.5 Å². The van der Waals surface area contributed by atoms with Crippen molar-refractivity contribution in [1.29, 1.82) is 0 Å². The van der Waals surface area contributed by atoms with Gasteiger partial charge in [-0.25, -0.2) is 4.99 Å². The predicted octanol–water partition coefficient (Wildman–Crippen LogP) is 4.11. The van der Waals surface area contributed by atoms with E-state index in [1.54, 1.807) is 12.1 Å². The lowest BCUT2D eigenvalue weighted by Gasteiger charge is -2.06. The van der Waals surface area contributed by atoms with Gasteiger partial charge in [-0.2, -0.15) is 0 Å². The molecule has 22 heavy (non-hydrogen) atoms. The van der Waals surface area contributed by atoms with Crippen LogP contribution < -0.4 is 5.32 Å². The molecule has 3 nitrogen and oxygen atoms in total. The SMILES string of the molecule is Cc1cccc(CC2SC(=Nc3ccc(Cl)cc3)NC2=O)c1. The van der Waals surface area contributed by atoms with Gasteiger partial charge in [0.2, 0.25) is 5.91 Å². The molecule has 1 N–H and O–H groups in total. The van der Waals surface area contributed by atoms with E-state index in [1.807, 2.05) is 18.2 Å². The largest absolute Gasteiger partial charge is 0.304 e. The van der Waals surface area contributed by atoms with E-state index in [1.165, 1.54) is 22.9 Å². The summed E-state index contributed by atoms with van der Waals surface area (Å²) >= 11 is 7.33. The molecule has 0 saturated carbocycles. The molecule has 112 valence electrons. The molecule has 5 heteroatoms. The Morgan fingerprint density at radius 3 is 2.73 bits per heavy atom. The Balaban J connectivity index is 1.71. The summed E-state index contributed by atoms with van der Waals surface area (Å²) in [7, 11) is 0. The van der Waals surface area contributed by atoms with E-state index in [0.29, 0.717) is 16.6 Å². The second-order valence-electron chi connectivity index (χ2n) is 5.18. The second kappa shape index (κ2) is 6.55. The first-order valence-electron chi connectivity index (χ1n) is 6.97. The molecule has 1 fully saturated rings. The van der Waals surface area contributed by atoms with Crippen molar-refractivity contribution in [2.45, 2.75) is 18.6 Å². The molecule has 1 heterocycles. The van der Waals surface area contributed by atoms with Crippen LogP contribution in [0.2, 0.25) is 5.02 Å². The summed E-state index contributed by atoms with van der Waals surface area (Å²) in [6.45, 7) is 2.05. The highest BCUT2D eigenvalue weighted by atomic mass is 35.5. The van der Waals surface area contributed by atoms with Crippen LogP contribution >= 0.6 is 23.4 Å². The standard InChI is InChI=1S/C17H15ClN2OS/c1-11-3-2-4-12(9-11)10-15-16(21)20-17(22-15)19-14-7-5-13(18)6-8-14/h2-9,15H,10H2,1H3,(H,19,20,21). The molecule has 0 aliphatic carbocycles. The van der Waals surface area contributed by atoms with E-state index in [0.717, 1.165) is 5.69 Å². The van der Waals surface area contributed by atoms with Crippen molar-refractivity contribution >= 4 is 40.1 Å². The van der Waals surface area contributed by atoms with Gasteiger partial charge in [0.15, 0.2) is 5.17 Å². The number of amidine groups is 1.